The van der Waals surface area contributed by atoms with Crippen LogP contribution in [-0.2, 0) is 13.1 Å². The van der Waals surface area contributed by atoms with Crippen LogP contribution in [-0.4, -0.2) is 29.3 Å². The van der Waals surface area contributed by atoms with E-state index in [0.717, 1.165) is 46.5 Å². The number of hydrogen-bond donors (Lipinski definition) is 0. The van der Waals surface area contributed by atoms with E-state index in [4.69, 9.17) is 16.6 Å². The summed E-state index contributed by atoms with van der Waals surface area (Å²) in [5.41, 5.74) is 4.20. The molecule has 5 aromatic rings. The summed E-state index contributed by atoms with van der Waals surface area (Å²) in [6.45, 7) is 5.78. The number of hydrogen-bond acceptors (Lipinski definition) is 5. The Kier molecular flexibility index (Phi) is 6.15. The molecular formula is C25H23ClN6S. The third-order valence-electron chi connectivity index (χ3n) is 5.54. The lowest BCUT2D eigenvalue weighted by atomic mass is 10.2. The molecule has 3 heterocycles. The number of halogens is 1. The van der Waals surface area contributed by atoms with E-state index >= 15 is 0 Å². The van der Waals surface area contributed by atoms with Crippen LogP contribution in [0.3, 0.4) is 0 Å². The fraction of sp³-hybridized carbons (Fsp3) is 0.200. The summed E-state index contributed by atoms with van der Waals surface area (Å²) in [5.74, 6) is 1.83. The summed E-state index contributed by atoms with van der Waals surface area (Å²) >= 11 is 7.93. The maximum absolute atomic E-state index is 6.27. The molecule has 166 valence electrons. The number of pyridine rings is 1. The van der Waals surface area contributed by atoms with Crippen LogP contribution in [0.4, 0.5) is 0 Å². The van der Waals surface area contributed by atoms with Crippen molar-refractivity contribution in [3.8, 4) is 11.4 Å². The molecule has 0 fully saturated rings. The van der Waals surface area contributed by atoms with Crippen LogP contribution in [0.25, 0.3) is 22.4 Å². The maximum atomic E-state index is 6.27. The number of nitrogens with zero attached hydrogens (tertiary/aromatic N) is 6. The van der Waals surface area contributed by atoms with E-state index in [1.807, 2.05) is 36.4 Å². The number of benzene rings is 2. The zero-order valence-corrected chi connectivity index (χ0v) is 20.0. The van der Waals surface area contributed by atoms with Crippen molar-refractivity contribution in [1.29, 1.82) is 0 Å². The van der Waals surface area contributed by atoms with Gasteiger partial charge in [0.25, 0.3) is 0 Å². The Balaban J connectivity index is 1.52. The molecule has 1 atom stereocenters. The predicted octanol–water partition coefficient (Wildman–Crippen LogP) is 6.26. The van der Waals surface area contributed by atoms with E-state index in [-0.39, 0.29) is 5.25 Å². The molecular weight excluding hydrogens is 452 g/mol. The van der Waals surface area contributed by atoms with Crippen LogP contribution in [0.1, 0.15) is 30.5 Å². The van der Waals surface area contributed by atoms with Gasteiger partial charge in [-0.2, -0.15) is 0 Å². The highest BCUT2D eigenvalue weighted by Crippen LogP contribution is 2.37. The number of imidazole rings is 1. The summed E-state index contributed by atoms with van der Waals surface area (Å²) < 4.78 is 4.41. The molecule has 0 saturated carbocycles. The summed E-state index contributed by atoms with van der Waals surface area (Å²) in [4.78, 5) is 9.09. The Bertz CT molecular complexity index is 1380. The van der Waals surface area contributed by atoms with Gasteiger partial charge in [-0.25, -0.2) is 4.98 Å². The average molecular weight is 475 g/mol. The molecule has 6 nitrogen and oxygen atoms in total. The minimum Gasteiger partial charge on any atom is -0.323 e. The first-order valence-electron chi connectivity index (χ1n) is 10.8. The van der Waals surface area contributed by atoms with E-state index in [2.05, 4.69) is 62.4 Å². The van der Waals surface area contributed by atoms with Gasteiger partial charge >= 0.3 is 0 Å². The van der Waals surface area contributed by atoms with E-state index in [1.54, 1.807) is 24.2 Å². The molecule has 1 unspecified atom stereocenters. The van der Waals surface area contributed by atoms with Crippen LogP contribution >= 0.6 is 23.4 Å². The van der Waals surface area contributed by atoms with Crippen molar-refractivity contribution in [3.63, 3.8) is 0 Å². The molecule has 8 heteroatoms. The van der Waals surface area contributed by atoms with Crippen molar-refractivity contribution in [2.45, 2.75) is 37.3 Å². The smallest absolute Gasteiger partial charge is 0.192 e. The predicted molar refractivity (Wildman–Crippen MR) is 133 cm³/mol. The molecule has 3 aromatic heterocycles. The Morgan fingerprint density at radius 1 is 0.970 bits per heavy atom. The fourth-order valence-corrected chi connectivity index (χ4v) is 5.15. The van der Waals surface area contributed by atoms with Gasteiger partial charge in [-0.1, -0.05) is 53.7 Å². The quantitative estimate of drug-likeness (QED) is 0.260. The van der Waals surface area contributed by atoms with E-state index in [9.17, 15) is 0 Å². The monoisotopic (exact) mass is 474 g/mol. The number of aromatic nitrogens is 6. The molecule has 0 N–H and O–H groups in total. The molecule has 0 radical (unpaired) electrons. The SMILES string of the molecule is CCn1c(SC(C)c2nc3cc(Cl)ccc3n2Cc2ccccc2)nnc1-c1ccncc1. The van der Waals surface area contributed by atoms with Crippen LogP contribution in [0, 0.1) is 0 Å². The third-order valence-corrected chi connectivity index (χ3v) is 6.85. The van der Waals surface area contributed by atoms with E-state index in [0.29, 0.717) is 5.02 Å². The topological polar surface area (TPSA) is 61.4 Å². The van der Waals surface area contributed by atoms with Crippen molar-refractivity contribution in [1.82, 2.24) is 29.3 Å². The van der Waals surface area contributed by atoms with Crippen molar-refractivity contribution >= 4 is 34.4 Å². The second kappa shape index (κ2) is 9.37. The Hall–Kier alpha value is -3.16. The zero-order chi connectivity index (χ0) is 22.8. The van der Waals surface area contributed by atoms with E-state index in [1.165, 1.54) is 5.56 Å². The van der Waals surface area contributed by atoms with Gasteiger partial charge in [0.15, 0.2) is 11.0 Å². The van der Waals surface area contributed by atoms with Gasteiger partial charge in [0.1, 0.15) is 5.82 Å². The first-order chi connectivity index (χ1) is 16.1. The second-order valence-electron chi connectivity index (χ2n) is 7.72. The van der Waals surface area contributed by atoms with Gasteiger partial charge in [0.2, 0.25) is 0 Å². The summed E-state index contributed by atoms with van der Waals surface area (Å²) in [6, 6.07) is 20.2. The normalized spacial score (nSPS) is 12.3. The molecule has 0 bridgehead atoms. The number of rotatable bonds is 7. The van der Waals surface area contributed by atoms with Crippen LogP contribution < -0.4 is 0 Å². The van der Waals surface area contributed by atoms with E-state index < -0.39 is 0 Å². The summed E-state index contributed by atoms with van der Waals surface area (Å²) in [5, 5.41) is 10.6. The Morgan fingerprint density at radius 3 is 2.52 bits per heavy atom. The average Bonchev–Trinajstić information content (AvgIpc) is 3.41. The first kappa shape index (κ1) is 21.7. The minimum absolute atomic E-state index is 0.0553. The zero-order valence-electron chi connectivity index (χ0n) is 18.4. The van der Waals surface area contributed by atoms with Crippen LogP contribution in [0.2, 0.25) is 5.02 Å². The van der Waals surface area contributed by atoms with Crippen molar-refractivity contribution in [3.05, 3.63) is 89.5 Å². The lowest BCUT2D eigenvalue weighted by molar-refractivity contribution is 0.682. The Labute approximate surface area is 201 Å². The molecule has 33 heavy (non-hydrogen) atoms. The minimum atomic E-state index is 0.0553. The maximum Gasteiger partial charge on any atom is 0.192 e. The van der Waals surface area contributed by atoms with Gasteiger partial charge in [0, 0.05) is 36.1 Å². The largest absolute Gasteiger partial charge is 0.323 e. The highest BCUT2D eigenvalue weighted by atomic mass is 35.5. The molecule has 0 amide bonds. The molecule has 0 saturated heterocycles. The highest BCUT2D eigenvalue weighted by Gasteiger charge is 2.22. The fourth-order valence-electron chi connectivity index (χ4n) is 3.95. The summed E-state index contributed by atoms with van der Waals surface area (Å²) in [6.07, 6.45) is 3.55. The highest BCUT2D eigenvalue weighted by molar-refractivity contribution is 7.99. The lowest BCUT2D eigenvalue weighted by Gasteiger charge is -2.15. The molecule has 2 aromatic carbocycles. The van der Waals surface area contributed by atoms with Crippen molar-refractivity contribution in [2.24, 2.45) is 0 Å². The van der Waals surface area contributed by atoms with Gasteiger partial charge in [0.05, 0.1) is 16.3 Å². The number of fused-ring (bicyclic) bond motifs is 1. The van der Waals surface area contributed by atoms with Crippen molar-refractivity contribution < 1.29 is 0 Å². The molecule has 0 aliphatic rings. The number of thioether (sulfide) groups is 1. The second-order valence-corrected chi connectivity index (χ2v) is 9.47. The third kappa shape index (κ3) is 4.38. The van der Waals surface area contributed by atoms with Gasteiger partial charge in [-0.05, 0) is 49.7 Å². The molecule has 5 rings (SSSR count). The molecule has 0 aliphatic carbocycles. The standard InChI is InChI=1S/C25H23ClN6S/c1-3-31-24(19-11-13-27-14-12-19)29-30-25(31)33-17(2)23-28-21-15-20(26)9-10-22(21)32(23)16-18-7-5-4-6-8-18/h4-15,17H,3,16H2,1-2H3. The molecule has 0 aliphatic heterocycles. The van der Waals surface area contributed by atoms with Gasteiger partial charge < -0.3 is 9.13 Å². The van der Waals surface area contributed by atoms with Crippen molar-refractivity contribution in [2.75, 3.05) is 0 Å². The first-order valence-corrected chi connectivity index (χ1v) is 12.1. The molecule has 0 spiro atoms. The van der Waals surface area contributed by atoms with Crippen LogP contribution in [0.5, 0.6) is 0 Å². The van der Waals surface area contributed by atoms with Gasteiger partial charge in [-0.15, -0.1) is 10.2 Å². The van der Waals surface area contributed by atoms with Crippen LogP contribution in [0.15, 0.2) is 78.2 Å². The lowest BCUT2D eigenvalue weighted by Crippen LogP contribution is -2.08. The van der Waals surface area contributed by atoms with Gasteiger partial charge in [-0.3, -0.25) is 4.98 Å². The Morgan fingerprint density at radius 2 is 1.76 bits per heavy atom. The summed E-state index contributed by atoms with van der Waals surface area (Å²) in [7, 11) is 0.